The van der Waals surface area contributed by atoms with E-state index in [0.717, 1.165) is 31.6 Å². The highest BCUT2D eigenvalue weighted by Gasteiger charge is 2.19. The molecule has 1 amide bonds. The van der Waals surface area contributed by atoms with Crippen LogP contribution in [0.3, 0.4) is 0 Å². The van der Waals surface area contributed by atoms with Crippen molar-refractivity contribution in [2.45, 2.75) is 19.8 Å². The fourth-order valence-electron chi connectivity index (χ4n) is 2.56. The zero-order valence-electron chi connectivity index (χ0n) is 14.2. The van der Waals surface area contributed by atoms with Gasteiger partial charge in [-0.05, 0) is 19.8 Å². The van der Waals surface area contributed by atoms with Crippen LogP contribution in [-0.4, -0.2) is 53.0 Å². The second-order valence-electron chi connectivity index (χ2n) is 5.99. The van der Waals surface area contributed by atoms with E-state index < -0.39 is 0 Å². The molecule has 0 aliphatic carbocycles. The van der Waals surface area contributed by atoms with Gasteiger partial charge in [-0.2, -0.15) is 4.98 Å². The highest BCUT2D eigenvalue weighted by Crippen LogP contribution is 2.25. The minimum atomic E-state index is -0.330. The maximum Gasteiger partial charge on any atom is 0.276 e. The van der Waals surface area contributed by atoms with Gasteiger partial charge in [0.15, 0.2) is 5.82 Å². The molecule has 126 valence electrons. The van der Waals surface area contributed by atoms with Gasteiger partial charge in [-0.25, -0.2) is 9.97 Å². The molecule has 8 heteroatoms. The molecule has 0 unspecified atom stereocenters. The van der Waals surface area contributed by atoms with Crippen LogP contribution in [0.1, 0.15) is 29.0 Å². The molecule has 2 aromatic heterocycles. The predicted molar refractivity (Wildman–Crippen MR) is 92.5 cm³/mol. The van der Waals surface area contributed by atoms with E-state index in [4.69, 9.17) is 0 Å². The predicted octanol–water partition coefficient (Wildman–Crippen LogP) is 1.49. The van der Waals surface area contributed by atoms with Crippen molar-refractivity contribution in [1.82, 2.24) is 19.9 Å². The SMILES string of the molecule is Cc1cnc(C(=O)Nc2cnc(N3CCCC3)nc2N(C)C)cn1. The van der Waals surface area contributed by atoms with Crippen molar-refractivity contribution in [2.75, 3.05) is 42.3 Å². The summed E-state index contributed by atoms with van der Waals surface area (Å²) in [6, 6.07) is 0. The molecule has 0 saturated carbocycles. The summed E-state index contributed by atoms with van der Waals surface area (Å²) >= 11 is 0. The monoisotopic (exact) mass is 327 g/mol. The van der Waals surface area contributed by atoms with E-state index in [2.05, 4.69) is 30.2 Å². The highest BCUT2D eigenvalue weighted by molar-refractivity contribution is 6.04. The van der Waals surface area contributed by atoms with Crippen molar-refractivity contribution in [1.29, 1.82) is 0 Å². The number of nitrogens with zero attached hydrogens (tertiary/aromatic N) is 6. The van der Waals surface area contributed by atoms with Crippen molar-refractivity contribution in [3.05, 3.63) is 30.0 Å². The summed E-state index contributed by atoms with van der Waals surface area (Å²) in [6.45, 7) is 3.76. The van der Waals surface area contributed by atoms with Crippen LogP contribution < -0.4 is 15.1 Å². The Morgan fingerprint density at radius 2 is 1.88 bits per heavy atom. The molecule has 0 spiro atoms. The number of rotatable bonds is 4. The Morgan fingerprint density at radius 1 is 1.12 bits per heavy atom. The van der Waals surface area contributed by atoms with Gasteiger partial charge < -0.3 is 15.1 Å². The van der Waals surface area contributed by atoms with Crippen LogP contribution in [0.5, 0.6) is 0 Å². The van der Waals surface area contributed by atoms with Crippen molar-refractivity contribution >= 4 is 23.4 Å². The van der Waals surface area contributed by atoms with Crippen LogP contribution in [0.15, 0.2) is 18.6 Å². The number of aromatic nitrogens is 4. The van der Waals surface area contributed by atoms with E-state index >= 15 is 0 Å². The second kappa shape index (κ2) is 6.77. The van der Waals surface area contributed by atoms with E-state index in [1.54, 1.807) is 12.4 Å². The van der Waals surface area contributed by atoms with Gasteiger partial charge in [0.2, 0.25) is 5.95 Å². The van der Waals surface area contributed by atoms with E-state index in [1.807, 2.05) is 25.9 Å². The Balaban J connectivity index is 1.83. The van der Waals surface area contributed by atoms with Gasteiger partial charge in [0.05, 0.1) is 18.1 Å². The average Bonchev–Trinajstić information content (AvgIpc) is 3.10. The summed E-state index contributed by atoms with van der Waals surface area (Å²) in [6.07, 6.45) is 6.99. The van der Waals surface area contributed by atoms with Gasteiger partial charge in [0, 0.05) is 33.4 Å². The zero-order valence-corrected chi connectivity index (χ0v) is 14.2. The molecular weight excluding hydrogens is 306 g/mol. The van der Waals surface area contributed by atoms with E-state index in [1.165, 1.54) is 6.20 Å². The number of amides is 1. The maximum absolute atomic E-state index is 12.3. The standard InChI is InChI=1S/C16H21N7O/c1-11-8-18-13(10-17-11)15(24)20-12-9-19-16(21-14(12)22(2)3)23-6-4-5-7-23/h8-10H,4-7H2,1-3H3,(H,20,24). The van der Waals surface area contributed by atoms with Crippen LogP contribution in [0.25, 0.3) is 0 Å². The Hall–Kier alpha value is -2.77. The third-order valence-corrected chi connectivity index (χ3v) is 3.83. The molecule has 3 heterocycles. The van der Waals surface area contributed by atoms with Crippen molar-refractivity contribution in [3.8, 4) is 0 Å². The van der Waals surface area contributed by atoms with Crippen molar-refractivity contribution < 1.29 is 4.79 Å². The quantitative estimate of drug-likeness (QED) is 0.910. The summed E-state index contributed by atoms with van der Waals surface area (Å²) in [5, 5.41) is 2.82. The first-order chi connectivity index (χ1) is 11.5. The summed E-state index contributed by atoms with van der Waals surface area (Å²) in [5.41, 5.74) is 1.57. The van der Waals surface area contributed by atoms with Gasteiger partial charge >= 0.3 is 0 Å². The van der Waals surface area contributed by atoms with Gasteiger partial charge in [0.1, 0.15) is 11.4 Å². The molecular formula is C16H21N7O. The molecule has 1 fully saturated rings. The first-order valence-corrected chi connectivity index (χ1v) is 7.94. The minimum Gasteiger partial charge on any atom is -0.361 e. The number of hydrogen-bond donors (Lipinski definition) is 1. The molecule has 8 nitrogen and oxygen atoms in total. The van der Waals surface area contributed by atoms with Gasteiger partial charge in [-0.3, -0.25) is 9.78 Å². The molecule has 0 radical (unpaired) electrons. The van der Waals surface area contributed by atoms with E-state index in [0.29, 0.717) is 17.5 Å². The summed E-state index contributed by atoms with van der Waals surface area (Å²) in [4.78, 5) is 33.6. The smallest absolute Gasteiger partial charge is 0.276 e. The molecule has 2 aromatic rings. The average molecular weight is 327 g/mol. The largest absolute Gasteiger partial charge is 0.361 e. The minimum absolute atomic E-state index is 0.258. The maximum atomic E-state index is 12.3. The first kappa shape index (κ1) is 16.1. The lowest BCUT2D eigenvalue weighted by Gasteiger charge is -2.20. The van der Waals surface area contributed by atoms with Crippen LogP contribution in [-0.2, 0) is 0 Å². The third kappa shape index (κ3) is 3.42. The summed E-state index contributed by atoms with van der Waals surface area (Å²) < 4.78 is 0. The van der Waals surface area contributed by atoms with Gasteiger partial charge in [0.25, 0.3) is 5.91 Å². The Bertz CT molecular complexity index is 724. The molecule has 1 N–H and O–H groups in total. The third-order valence-electron chi connectivity index (χ3n) is 3.83. The molecule has 0 atom stereocenters. The number of carbonyl (C=O) groups is 1. The van der Waals surface area contributed by atoms with Crippen LogP contribution in [0.2, 0.25) is 0 Å². The number of carbonyl (C=O) groups excluding carboxylic acids is 1. The summed E-state index contributed by atoms with van der Waals surface area (Å²) in [5.74, 6) is 1.03. The topological polar surface area (TPSA) is 87.1 Å². The molecule has 1 saturated heterocycles. The lowest BCUT2D eigenvalue weighted by atomic mass is 10.3. The van der Waals surface area contributed by atoms with Crippen LogP contribution in [0, 0.1) is 6.92 Å². The molecule has 0 bridgehead atoms. The van der Waals surface area contributed by atoms with E-state index in [9.17, 15) is 4.79 Å². The second-order valence-corrected chi connectivity index (χ2v) is 5.99. The fraction of sp³-hybridized carbons (Fsp3) is 0.438. The zero-order chi connectivity index (χ0) is 17.1. The lowest BCUT2D eigenvalue weighted by Crippen LogP contribution is -2.24. The molecule has 0 aromatic carbocycles. The Kier molecular flexibility index (Phi) is 4.54. The fourth-order valence-corrected chi connectivity index (χ4v) is 2.56. The van der Waals surface area contributed by atoms with Gasteiger partial charge in [-0.1, -0.05) is 0 Å². The van der Waals surface area contributed by atoms with Crippen molar-refractivity contribution in [3.63, 3.8) is 0 Å². The normalized spacial score (nSPS) is 13.9. The molecule has 1 aliphatic rings. The Labute approximate surface area is 141 Å². The molecule has 1 aliphatic heterocycles. The van der Waals surface area contributed by atoms with Crippen molar-refractivity contribution in [2.24, 2.45) is 0 Å². The first-order valence-electron chi connectivity index (χ1n) is 7.94. The van der Waals surface area contributed by atoms with E-state index in [-0.39, 0.29) is 11.6 Å². The summed E-state index contributed by atoms with van der Waals surface area (Å²) in [7, 11) is 3.77. The number of nitrogens with one attached hydrogen (secondary N) is 1. The Morgan fingerprint density at radius 3 is 2.50 bits per heavy atom. The number of anilines is 3. The van der Waals surface area contributed by atoms with Crippen LogP contribution in [0.4, 0.5) is 17.5 Å². The lowest BCUT2D eigenvalue weighted by molar-refractivity contribution is 0.102. The highest BCUT2D eigenvalue weighted by atomic mass is 16.1. The van der Waals surface area contributed by atoms with Crippen LogP contribution >= 0.6 is 0 Å². The number of hydrogen-bond acceptors (Lipinski definition) is 7. The molecule has 3 rings (SSSR count). The molecule has 24 heavy (non-hydrogen) atoms. The number of aryl methyl sites for hydroxylation is 1. The van der Waals surface area contributed by atoms with Gasteiger partial charge in [-0.15, -0.1) is 0 Å².